The van der Waals surface area contributed by atoms with Crippen LogP contribution in [-0.2, 0) is 0 Å². The van der Waals surface area contributed by atoms with E-state index in [1.54, 1.807) is 11.0 Å². The van der Waals surface area contributed by atoms with E-state index in [1.165, 1.54) is 0 Å². The van der Waals surface area contributed by atoms with E-state index in [4.69, 9.17) is 0 Å². The summed E-state index contributed by atoms with van der Waals surface area (Å²) in [5.74, 6) is 0.0756. The molecule has 0 saturated heterocycles. The lowest BCUT2D eigenvalue weighted by atomic mass is 10.1. The summed E-state index contributed by atoms with van der Waals surface area (Å²) < 4.78 is 0. The van der Waals surface area contributed by atoms with Crippen LogP contribution in [0.4, 0.5) is 0 Å². The van der Waals surface area contributed by atoms with Gasteiger partial charge in [-0.3, -0.25) is 4.79 Å². The number of nitrogens with zero attached hydrogens (tertiary/aromatic N) is 1. The number of carbonyl (C=O) groups is 1. The first-order valence-electron chi connectivity index (χ1n) is 5.36. The summed E-state index contributed by atoms with van der Waals surface area (Å²) in [6, 6.07) is 7.74. The molecule has 0 bridgehead atoms. The van der Waals surface area contributed by atoms with Gasteiger partial charge in [0.1, 0.15) is 0 Å². The Bertz CT molecular complexity index is 481. The number of rotatable bonds is 2. The van der Waals surface area contributed by atoms with Crippen LogP contribution in [0.25, 0.3) is 5.70 Å². The highest BCUT2D eigenvalue weighted by Gasteiger charge is 2.31. The molecule has 1 heterocycles. The lowest BCUT2D eigenvalue weighted by molar-refractivity contribution is 0.0861. The van der Waals surface area contributed by atoms with Gasteiger partial charge in [-0.2, -0.15) is 0 Å². The summed E-state index contributed by atoms with van der Waals surface area (Å²) in [5, 5.41) is 0. The van der Waals surface area contributed by atoms with Gasteiger partial charge in [0.05, 0.1) is 5.70 Å². The van der Waals surface area contributed by atoms with E-state index in [1.807, 2.05) is 38.1 Å². The quantitative estimate of drug-likeness (QED) is 0.691. The Kier molecular flexibility index (Phi) is 2.65. The van der Waals surface area contributed by atoms with Crippen molar-refractivity contribution in [1.82, 2.24) is 4.90 Å². The lowest BCUT2D eigenvalue weighted by Crippen LogP contribution is -2.23. The zero-order valence-corrected chi connectivity index (χ0v) is 9.66. The number of benzene rings is 1. The number of fused-ring (bicyclic) bond motifs is 1. The molecule has 1 aromatic carbocycles. The topological polar surface area (TPSA) is 20.3 Å². The molecule has 0 saturated carbocycles. The van der Waals surface area contributed by atoms with Crippen LogP contribution < -0.4 is 0 Å². The van der Waals surface area contributed by atoms with Gasteiger partial charge in [-0.05, 0) is 19.9 Å². The summed E-state index contributed by atoms with van der Waals surface area (Å²) in [6.07, 6.45) is 1.76. The molecule has 82 valence electrons. The van der Waals surface area contributed by atoms with Gasteiger partial charge in [0.15, 0.2) is 0 Å². The number of hydrogen-bond donors (Lipinski definition) is 0. The van der Waals surface area contributed by atoms with E-state index in [0.29, 0.717) is 6.54 Å². The first-order chi connectivity index (χ1) is 7.66. The Morgan fingerprint density at radius 2 is 1.94 bits per heavy atom. The molecule has 0 unspecified atom stereocenters. The van der Waals surface area contributed by atoms with Crippen LogP contribution in [0.1, 0.15) is 29.8 Å². The van der Waals surface area contributed by atoms with Crippen molar-refractivity contribution in [2.75, 3.05) is 6.54 Å². The molecule has 0 fully saturated rings. The van der Waals surface area contributed by atoms with Crippen molar-refractivity contribution in [1.29, 1.82) is 0 Å². The van der Waals surface area contributed by atoms with Crippen LogP contribution in [0.2, 0.25) is 0 Å². The third-order valence-corrected chi connectivity index (χ3v) is 2.71. The predicted octanol–water partition coefficient (Wildman–Crippen LogP) is 3.08. The first-order valence-corrected chi connectivity index (χ1v) is 5.36. The molecule has 0 aliphatic carbocycles. The third kappa shape index (κ3) is 1.47. The highest BCUT2D eigenvalue weighted by Crippen LogP contribution is 2.34. The van der Waals surface area contributed by atoms with Gasteiger partial charge in [0.25, 0.3) is 5.91 Å². The minimum atomic E-state index is 0.0756. The molecule has 1 amide bonds. The van der Waals surface area contributed by atoms with Gasteiger partial charge < -0.3 is 4.90 Å². The van der Waals surface area contributed by atoms with E-state index in [0.717, 1.165) is 22.4 Å². The maximum absolute atomic E-state index is 12.1. The molecule has 0 aromatic heterocycles. The van der Waals surface area contributed by atoms with Crippen molar-refractivity contribution in [2.24, 2.45) is 0 Å². The molecule has 0 atom stereocenters. The Balaban J connectivity index is 2.61. The minimum Gasteiger partial charge on any atom is -0.304 e. The lowest BCUT2D eigenvalue weighted by Gasteiger charge is -2.17. The van der Waals surface area contributed by atoms with Crippen LogP contribution >= 0.6 is 0 Å². The minimum absolute atomic E-state index is 0.0756. The summed E-state index contributed by atoms with van der Waals surface area (Å²) in [5.41, 5.74) is 4.01. The number of hydrogen-bond acceptors (Lipinski definition) is 1. The molecule has 0 spiro atoms. The maximum atomic E-state index is 12.1. The molecule has 2 rings (SSSR count). The monoisotopic (exact) mass is 213 g/mol. The van der Waals surface area contributed by atoms with Crippen molar-refractivity contribution in [2.45, 2.75) is 13.8 Å². The van der Waals surface area contributed by atoms with E-state index in [2.05, 4.69) is 6.58 Å². The first kappa shape index (κ1) is 10.7. The Labute approximate surface area is 95.9 Å². The van der Waals surface area contributed by atoms with Gasteiger partial charge in [0, 0.05) is 17.7 Å². The normalized spacial score (nSPS) is 14.0. The van der Waals surface area contributed by atoms with E-state index < -0.39 is 0 Å². The van der Waals surface area contributed by atoms with Gasteiger partial charge in [0.2, 0.25) is 0 Å². The van der Waals surface area contributed by atoms with Crippen LogP contribution in [0.5, 0.6) is 0 Å². The van der Waals surface area contributed by atoms with Gasteiger partial charge in [-0.25, -0.2) is 0 Å². The van der Waals surface area contributed by atoms with Crippen LogP contribution in [-0.4, -0.2) is 17.4 Å². The molecular formula is C14H15NO. The molecule has 1 aliphatic rings. The van der Waals surface area contributed by atoms with Gasteiger partial charge in [-0.1, -0.05) is 29.8 Å². The zero-order chi connectivity index (χ0) is 11.7. The van der Waals surface area contributed by atoms with Crippen LogP contribution in [0, 0.1) is 0 Å². The largest absolute Gasteiger partial charge is 0.304 e. The SMILES string of the molecule is C=CCN1C(=O)c2ccccc2C1=C(C)C. The molecule has 2 heteroatoms. The smallest absolute Gasteiger partial charge is 0.259 e. The fourth-order valence-corrected chi connectivity index (χ4v) is 2.11. The summed E-state index contributed by atoms with van der Waals surface area (Å²) in [6.45, 7) is 8.32. The average molecular weight is 213 g/mol. The molecule has 2 nitrogen and oxygen atoms in total. The molecule has 1 aliphatic heterocycles. The number of amides is 1. The van der Waals surface area contributed by atoms with Crippen LogP contribution in [0.3, 0.4) is 0 Å². The predicted molar refractivity (Wildman–Crippen MR) is 65.9 cm³/mol. The molecule has 0 radical (unpaired) electrons. The highest BCUT2D eigenvalue weighted by molar-refractivity contribution is 6.09. The van der Waals surface area contributed by atoms with Crippen molar-refractivity contribution >= 4 is 11.6 Å². The van der Waals surface area contributed by atoms with Crippen molar-refractivity contribution in [3.63, 3.8) is 0 Å². The molecule has 16 heavy (non-hydrogen) atoms. The fraction of sp³-hybridized carbons (Fsp3) is 0.214. The fourth-order valence-electron chi connectivity index (χ4n) is 2.11. The highest BCUT2D eigenvalue weighted by atomic mass is 16.2. The summed E-state index contributed by atoms with van der Waals surface area (Å²) in [4.78, 5) is 13.9. The van der Waals surface area contributed by atoms with E-state index in [9.17, 15) is 4.79 Å². The Morgan fingerprint density at radius 1 is 1.31 bits per heavy atom. The maximum Gasteiger partial charge on any atom is 0.259 e. The van der Waals surface area contributed by atoms with Crippen LogP contribution in [0.15, 0.2) is 42.5 Å². The van der Waals surface area contributed by atoms with Gasteiger partial charge in [-0.15, -0.1) is 6.58 Å². The Morgan fingerprint density at radius 3 is 2.50 bits per heavy atom. The second kappa shape index (κ2) is 3.97. The summed E-state index contributed by atoms with van der Waals surface area (Å²) >= 11 is 0. The average Bonchev–Trinajstić information content (AvgIpc) is 2.54. The van der Waals surface area contributed by atoms with E-state index in [-0.39, 0.29) is 5.91 Å². The summed E-state index contributed by atoms with van der Waals surface area (Å²) in [7, 11) is 0. The van der Waals surface area contributed by atoms with Crippen molar-refractivity contribution in [3.8, 4) is 0 Å². The van der Waals surface area contributed by atoms with E-state index >= 15 is 0 Å². The zero-order valence-electron chi connectivity index (χ0n) is 9.66. The Hall–Kier alpha value is -1.83. The number of allylic oxidation sites excluding steroid dienone is 1. The second-order valence-corrected chi connectivity index (χ2v) is 4.10. The van der Waals surface area contributed by atoms with Gasteiger partial charge >= 0.3 is 0 Å². The standard InChI is InChI=1S/C14H15NO/c1-4-9-15-13(10(2)3)11-7-5-6-8-12(11)14(15)16/h4-8H,1,9H2,2-3H3. The van der Waals surface area contributed by atoms with Crippen molar-refractivity contribution < 1.29 is 4.79 Å². The molecule has 0 N–H and O–H groups in total. The van der Waals surface area contributed by atoms with Crippen molar-refractivity contribution in [3.05, 3.63) is 53.6 Å². The molecular weight excluding hydrogens is 198 g/mol. The third-order valence-electron chi connectivity index (χ3n) is 2.71. The second-order valence-electron chi connectivity index (χ2n) is 4.10. The molecule has 1 aromatic rings. The number of carbonyl (C=O) groups excluding carboxylic acids is 1.